The first-order valence-corrected chi connectivity index (χ1v) is 8.45. The van der Waals surface area contributed by atoms with Crippen LogP contribution in [0.15, 0.2) is 41.6 Å². The second-order valence-corrected chi connectivity index (χ2v) is 6.82. The molecule has 6 N–H and O–H groups in total. The van der Waals surface area contributed by atoms with Gasteiger partial charge in [0.25, 0.3) is 5.91 Å². The van der Waals surface area contributed by atoms with Crippen LogP contribution in [0.5, 0.6) is 0 Å². The number of carbonyl (C=O) groups is 3. The molecule has 0 spiro atoms. The number of nitrogens with zero attached hydrogens (tertiary/aromatic N) is 1. The summed E-state index contributed by atoms with van der Waals surface area (Å²) in [5.74, 6) is -1.50. The molecule has 1 unspecified atom stereocenters. The summed E-state index contributed by atoms with van der Waals surface area (Å²) in [6, 6.07) is 7.23. The van der Waals surface area contributed by atoms with Gasteiger partial charge in [-0.05, 0) is 18.1 Å². The fourth-order valence-electron chi connectivity index (χ4n) is 2.83. The van der Waals surface area contributed by atoms with Crippen LogP contribution in [0.3, 0.4) is 0 Å². The molecule has 2 heterocycles. The average molecular weight is 402 g/mol. The van der Waals surface area contributed by atoms with Crippen molar-refractivity contribution >= 4 is 42.0 Å². The molecule has 0 saturated carbocycles. The van der Waals surface area contributed by atoms with Crippen molar-refractivity contribution in [3.63, 3.8) is 0 Å². The van der Waals surface area contributed by atoms with Crippen molar-refractivity contribution in [3.8, 4) is 0 Å². The number of amides is 2. The summed E-state index contributed by atoms with van der Waals surface area (Å²) in [5.41, 5.74) is 7.24. The Hall–Kier alpha value is -2.07. The zero-order chi connectivity index (χ0) is 17.4. The first kappa shape index (κ1) is 22.0. The number of hydrogen-bond donors (Lipinski definition) is 3. The van der Waals surface area contributed by atoms with Crippen LogP contribution >= 0.6 is 24.2 Å². The van der Waals surface area contributed by atoms with Gasteiger partial charge >= 0.3 is 5.97 Å². The first-order valence-electron chi connectivity index (χ1n) is 7.40. The number of carboxylic acid groups (broad SMARTS) is 1. The highest BCUT2D eigenvalue weighted by molar-refractivity contribution is 8.00. The lowest BCUT2D eigenvalue weighted by Gasteiger charge is -2.49. The number of fused-ring (bicyclic) bond motifs is 1. The molecule has 0 aliphatic carbocycles. The minimum atomic E-state index is -1.13. The van der Waals surface area contributed by atoms with Crippen LogP contribution in [0, 0.1) is 0 Å². The third kappa shape index (κ3) is 3.70. The van der Waals surface area contributed by atoms with E-state index in [9.17, 15) is 19.5 Å². The minimum Gasteiger partial charge on any atom is -0.477 e. The van der Waals surface area contributed by atoms with Gasteiger partial charge in [0.1, 0.15) is 23.2 Å². The van der Waals surface area contributed by atoms with E-state index in [1.54, 1.807) is 31.2 Å². The summed E-state index contributed by atoms with van der Waals surface area (Å²) < 4.78 is 0. The molecule has 3 atom stereocenters. The van der Waals surface area contributed by atoms with Gasteiger partial charge in [-0.3, -0.25) is 14.5 Å². The van der Waals surface area contributed by atoms with Crippen molar-refractivity contribution in [3.05, 3.63) is 47.2 Å². The number of rotatable bonds is 4. The number of hydrogen-bond acceptors (Lipinski definition) is 5. The van der Waals surface area contributed by atoms with E-state index in [1.807, 2.05) is 6.07 Å². The molecule has 2 aliphatic heterocycles. The van der Waals surface area contributed by atoms with Gasteiger partial charge in [-0.1, -0.05) is 30.3 Å². The molecule has 0 radical (unpaired) electrons. The van der Waals surface area contributed by atoms with E-state index in [-0.39, 0.29) is 23.6 Å². The zero-order valence-corrected chi connectivity index (χ0v) is 15.5. The van der Waals surface area contributed by atoms with E-state index in [1.165, 1.54) is 16.7 Å². The van der Waals surface area contributed by atoms with E-state index in [2.05, 4.69) is 5.32 Å². The van der Waals surface area contributed by atoms with Crippen molar-refractivity contribution in [1.29, 1.82) is 0 Å². The van der Waals surface area contributed by atoms with E-state index in [0.717, 1.165) is 0 Å². The van der Waals surface area contributed by atoms with Gasteiger partial charge in [-0.15, -0.1) is 24.2 Å². The Bertz CT molecular complexity index is 743. The lowest BCUT2D eigenvalue weighted by molar-refractivity contribution is -0.150. The molecule has 1 aromatic carbocycles. The monoisotopic (exact) mass is 401 g/mol. The van der Waals surface area contributed by atoms with Crippen LogP contribution in [0.25, 0.3) is 0 Å². The largest absolute Gasteiger partial charge is 0.477 e. The predicted molar refractivity (Wildman–Crippen MR) is 99.6 cm³/mol. The number of carboxylic acids is 1. The fourth-order valence-corrected chi connectivity index (χ4v) is 4.12. The number of benzene rings is 1. The molecule has 2 aliphatic rings. The van der Waals surface area contributed by atoms with Crippen LogP contribution in [-0.2, 0) is 14.4 Å². The lowest BCUT2D eigenvalue weighted by atomic mass is 10.0. The molecule has 1 saturated heterocycles. The Morgan fingerprint density at radius 2 is 1.96 bits per heavy atom. The molecule has 0 bridgehead atoms. The van der Waals surface area contributed by atoms with Crippen LogP contribution in [0.2, 0.25) is 0 Å². The molecule has 0 aromatic heterocycles. The van der Waals surface area contributed by atoms with Crippen molar-refractivity contribution in [2.75, 3.05) is 5.75 Å². The van der Waals surface area contributed by atoms with E-state index in [4.69, 9.17) is 5.73 Å². The summed E-state index contributed by atoms with van der Waals surface area (Å²) in [6.07, 6.45) is 0. The molecule has 1 fully saturated rings. The highest BCUT2D eigenvalue weighted by atomic mass is 35.5. The van der Waals surface area contributed by atoms with Crippen LogP contribution in [0.1, 0.15) is 18.5 Å². The molecule has 142 valence electrons. The number of nitrogens with one attached hydrogen (secondary N) is 1. The number of aliphatic carboxylic acids is 1. The fraction of sp³-hybridized carbons (Fsp3) is 0.312. The lowest BCUT2D eigenvalue weighted by Crippen LogP contribution is -2.71. The Morgan fingerprint density at radius 3 is 2.54 bits per heavy atom. The first-order chi connectivity index (χ1) is 11.4. The second-order valence-electron chi connectivity index (χ2n) is 5.72. The molecular weight excluding hydrogens is 382 g/mol. The molecule has 1 aromatic rings. The van der Waals surface area contributed by atoms with Gasteiger partial charge in [0, 0.05) is 5.75 Å². The van der Waals surface area contributed by atoms with E-state index < -0.39 is 35.2 Å². The molecular formula is C16H20ClN3O5S. The average Bonchev–Trinajstić information content (AvgIpc) is 2.59. The summed E-state index contributed by atoms with van der Waals surface area (Å²) >= 11 is 1.43. The maximum absolute atomic E-state index is 12.3. The summed E-state index contributed by atoms with van der Waals surface area (Å²) in [5, 5.41) is 11.5. The molecule has 3 rings (SSSR count). The van der Waals surface area contributed by atoms with Crippen molar-refractivity contribution in [1.82, 2.24) is 10.2 Å². The van der Waals surface area contributed by atoms with Crippen molar-refractivity contribution in [2.45, 2.75) is 24.4 Å². The Kier molecular flexibility index (Phi) is 7.22. The predicted octanol–water partition coefficient (Wildman–Crippen LogP) is 0.0420. The number of halogens is 1. The van der Waals surface area contributed by atoms with Gasteiger partial charge in [-0.2, -0.15) is 0 Å². The zero-order valence-electron chi connectivity index (χ0n) is 13.8. The van der Waals surface area contributed by atoms with Gasteiger partial charge in [0.15, 0.2) is 0 Å². The number of β-lactam (4-membered cyclic amide) rings is 1. The SMILES string of the molecule is CC1=C(C(=O)O)N2C(=O)[C@@H](NC(=O)C(N)c3ccccc3)[C@H]2SC1.Cl.O. The number of carbonyl (C=O) groups excluding carboxylic acids is 2. The van der Waals surface area contributed by atoms with Gasteiger partial charge in [0.05, 0.1) is 0 Å². The second kappa shape index (κ2) is 8.54. The van der Waals surface area contributed by atoms with Crippen LogP contribution in [0.4, 0.5) is 0 Å². The van der Waals surface area contributed by atoms with Crippen LogP contribution < -0.4 is 11.1 Å². The number of nitrogens with two attached hydrogens (primary N) is 1. The third-order valence-corrected chi connectivity index (χ3v) is 5.52. The maximum Gasteiger partial charge on any atom is 0.352 e. The van der Waals surface area contributed by atoms with E-state index in [0.29, 0.717) is 16.9 Å². The smallest absolute Gasteiger partial charge is 0.352 e. The Morgan fingerprint density at radius 1 is 1.35 bits per heavy atom. The van der Waals surface area contributed by atoms with E-state index >= 15 is 0 Å². The summed E-state index contributed by atoms with van der Waals surface area (Å²) in [7, 11) is 0. The van der Waals surface area contributed by atoms with Crippen molar-refractivity contribution < 1.29 is 25.0 Å². The van der Waals surface area contributed by atoms with Crippen LogP contribution in [-0.4, -0.2) is 50.4 Å². The quantitative estimate of drug-likeness (QED) is 0.607. The van der Waals surface area contributed by atoms with Crippen molar-refractivity contribution in [2.24, 2.45) is 5.73 Å². The topological polar surface area (TPSA) is 144 Å². The Labute approximate surface area is 160 Å². The summed E-state index contributed by atoms with van der Waals surface area (Å²) in [4.78, 5) is 37.2. The third-order valence-electron chi connectivity index (χ3n) is 4.10. The summed E-state index contributed by atoms with van der Waals surface area (Å²) in [6.45, 7) is 1.69. The highest BCUT2D eigenvalue weighted by Gasteiger charge is 2.53. The minimum absolute atomic E-state index is 0. The van der Waals surface area contributed by atoms with Gasteiger partial charge in [0.2, 0.25) is 5.91 Å². The normalized spacial score (nSPS) is 22.2. The highest BCUT2D eigenvalue weighted by Crippen LogP contribution is 2.40. The molecule has 10 heteroatoms. The van der Waals surface area contributed by atoms with Gasteiger partial charge in [-0.25, -0.2) is 4.79 Å². The van der Waals surface area contributed by atoms with Gasteiger partial charge < -0.3 is 21.6 Å². The Balaban J connectivity index is 0.00000169. The molecule has 2 amide bonds. The maximum atomic E-state index is 12.3. The molecule has 26 heavy (non-hydrogen) atoms. The standard InChI is InChI=1S/C16H17N3O4S.ClH.H2O/c1-8-7-24-15-11(14(21)19(15)12(8)16(22)23)18-13(20)10(17)9-5-3-2-4-6-9;;/h2-6,10-11,15H,7,17H2,1H3,(H,18,20)(H,22,23);1H;1H2/t10?,11-,15-;;/m1../s1. The molecule has 8 nitrogen and oxygen atoms in total. The number of thioether (sulfide) groups is 1.